The second-order valence-corrected chi connectivity index (χ2v) is 6.49. The fourth-order valence-corrected chi connectivity index (χ4v) is 2.89. The van der Waals surface area contributed by atoms with Crippen LogP contribution in [0.2, 0.25) is 0 Å². The van der Waals surface area contributed by atoms with Crippen molar-refractivity contribution in [1.82, 2.24) is 0 Å². The molecule has 3 aromatic carbocycles. The number of rotatable bonds is 4. The third-order valence-electron chi connectivity index (χ3n) is 4.07. The number of hydrogen-bond acceptors (Lipinski definition) is 4. The summed E-state index contributed by atoms with van der Waals surface area (Å²) in [5, 5.41) is 2.22. The lowest BCUT2D eigenvalue weighted by Crippen LogP contribution is -2.29. The molecule has 0 N–H and O–H groups in total. The van der Waals surface area contributed by atoms with E-state index in [-0.39, 0.29) is 12.4 Å². The first-order valence-corrected chi connectivity index (χ1v) is 8.17. The van der Waals surface area contributed by atoms with Gasteiger partial charge in [0.05, 0.1) is 0 Å². The molecular weight excluding hydrogens is 316 g/mol. The Hall–Kier alpha value is -3.01. The first-order chi connectivity index (χ1) is 12.0. The van der Waals surface area contributed by atoms with Crippen LogP contribution in [-0.4, -0.2) is 18.2 Å². The highest BCUT2D eigenvalue weighted by Gasteiger charge is 2.32. The van der Waals surface area contributed by atoms with Crippen LogP contribution in [0.15, 0.2) is 60.7 Å². The molecule has 0 aliphatic carbocycles. The maximum Gasteiger partial charge on any atom is 0.246 e. The molecule has 1 aliphatic heterocycles. The van der Waals surface area contributed by atoms with Crippen LogP contribution >= 0.6 is 0 Å². The molecular formula is C21H18O4. The summed E-state index contributed by atoms with van der Waals surface area (Å²) in [7, 11) is 0. The molecule has 0 atom stereocenters. The lowest BCUT2D eigenvalue weighted by molar-refractivity contribution is -0.0431. The van der Waals surface area contributed by atoms with Crippen molar-refractivity contribution in [2.24, 2.45) is 0 Å². The van der Waals surface area contributed by atoms with Crippen LogP contribution in [0.25, 0.3) is 10.8 Å². The molecule has 0 saturated carbocycles. The van der Waals surface area contributed by atoms with E-state index >= 15 is 0 Å². The number of Topliss-reactive ketones (excluding diaryl/α,β-unsaturated/α-hetero) is 1. The number of ether oxygens (including phenoxy) is 3. The number of fused-ring (bicyclic) bond motifs is 2. The van der Waals surface area contributed by atoms with Crippen molar-refractivity contribution in [1.29, 1.82) is 0 Å². The van der Waals surface area contributed by atoms with E-state index < -0.39 is 5.79 Å². The van der Waals surface area contributed by atoms with Crippen LogP contribution in [0.5, 0.6) is 17.2 Å². The average Bonchev–Trinajstić information content (AvgIpc) is 2.92. The van der Waals surface area contributed by atoms with Gasteiger partial charge in [-0.3, -0.25) is 4.79 Å². The summed E-state index contributed by atoms with van der Waals surface area (Å²) >= 11 is 0. The Morgan fingerprint density at radius 2 is 1.68 bits per heavy atom. The SMILES string of the molecule is CC1(C)Oc2ccc(C(=O)COc3ccc4ccccc4c3)cc2O1. The lowest BCUT2D eigenvalue weighted by atomic mass is 10.1. The third-order valence-corrected chi connectivity index (χ3v) is 4.07. The van der Waals surface area contributed by atoms with Crippen molar-refractivity contribution in [3.8, 4) is 17.2 Å². The molecule has 0 radical (unpaired) electrons. The summed E-state index contributed by atoms with van der Waals surface area (Å²) in [6.45, 7) is 3.63. The fraction of sp³-hybridized carbons (Fsp3) is 0.190. The van der Waals surface area contributed by atoms with Gasteiger partial charge in [0.1, 0.15) is 5.75 Å². The van der Waals surface area contributed by atoms with Gasteiger partial charge in [-0.2, -0.15) is 0 Å². The van der Waals surface area contributed by atoms with E-state index in [1.165, 1.54) is 0 Å². The van der Waals surface area contributed by atoms with Crippen molar-refractivity contribution in [3.05, 3.63) is 66.2 Å². The monoisotopic (exact) mass is 334 g/mol. The smallest absolute Gasteiger partial charge is 0.246 e. The molecule has 1 heterocycles. The van der Waals surface area contributed by atoms with Gasteiger partial charge in [-0.25, -0.2) is 0 Å². The number of carbonyl (C=O) groups is 1. The maximum absolute atomic E-state index is 12.4. The Morgan fingerprint density at radius 1 is 0.920 bits per heavy atom. The van der Waals surface area contributed by atoms with E-state index in [0.29, 0.717) is 22.8 Å². The van der Waals surface area contributed by atoms with Gasteiger partial charge in [0, 0.05) is 19.4 Å². The van der Waals surface area contributed by atoms with Gasteiger partial charge in [-0.05, 0) is 41.1 Å². The second kappa shape index (κ2) is 5.81. The number of benzene rings is 3. The van der Waals surface area contributed by atoms with Crippen LogP contribution in [0.1, 0.15) is 24.2 Å². The van der Waals surface area contributed by atoms with Crippen LogP contribution in [0, 0.1) is 0 Å². The van der Waals surface area contributed by atoms with E-state index in [1.54, 1.807) is 18.2 Å². The number of carbonyl (C=O) groups excluding carboxylic acids is 1. The summed E-state index contributed by atoms with van der Waals surface area (Å²) in [5.41, 5.74) is 0.542. The minimum atomic E-state index is -0.703. The zero-order chi connectivity index (χ0) is 17.4. The largest absolute Gasteiger partial charge is 0.485 e. The van der Waals surface area contributed by atoms with Crippen LogP contribution in [0.3, 0.4) is 0 Å². The predicted octanol–water partition coefficient (Wildman–Crippen LogP) is 4.61. The number of hydrogen-bond donors (Lipinski definition) is 0. The molecule has 0 aromatic heterocycles. The molecule has 0 fully saturated rings. The van der Waals surface area contributed by atoms with E-state index in [0.717, 1.165) is 10.8 Å². The van der Waals surface area contributed by atoms with E-state index in [2.05, 4.69) is 0 Å². The molecule has 0 unspecified atom stereocenters. The van der Waals surface area contributed by atoms with Crippen molar-refractivity contribution in [2.45, 2.75) is 19.6 Å². The highest BCUT2D eigenvalue weighted by molar-refractivity contribution is 5.98. The Kier molecular flexibility index (Phi) is 3.61. The van der Waals surface area contributed by atoms with Gasteiger partial charge in [-0.1, -0.05) is 30.3 Å². The van der Waals surface area contributed by atoms with Crippen LogP contribution in [-0.2, 0) is 0 Å². The minimum absolute atomic E-state index is 0.0264. The average molecular weight is 334 g/mol. The predicted molar refractivity (Wildman–Crippen MR) is 95.6 cm³/mol. The normalized spacial score (nSPS) is 14.5. The minimum Gasteiger partial charge on any atom is -0.485 e. The van der Waals surface area contributed by atoms with Crippen molar-refractivity contribution < 1.29 is 19.0 Å². The molecule has 0 spiro atoms. The number of ketones is 1. The van der Waals surface area contributed by atoms with Gasteiger partial charge >= 0.3 is 0 Å². The summed E-state index contributed by atoms with van der Waals surface area (Å²) in [6, 6.07) is 19.0. The van der Waals surface area contributed by atoms with Crippen molar-refractivity contribution in [3.63, 3.8) is 0 Å². The molecule has 25 heavy (non-hydrogen) atoms. The van der Waals surface area contributed by atoms with Gasteiger partial charge < -0.3 is 14.2 Å². The molecule has 4 heteroatoms. The molecule has 0 saturated heterocycles. The quantitative estimate of drug-likeness (QED) is 0.654. The third kappa shape index (κ3) is 3.15. The van der Waals surface area contributed by atoms with Crippen LogP contribution in [0.4, 0.5) is 0 Å². The van der Waals surface area contributed by atoms with Gasteiger partial charge in [0.2, 0.25) is 5.79 Å². The Bertz CT molecular complexity index is 959. The topological polar surface area (TPSA) is 44.8 Å². The maximum atomic E-state index is 12.4. The Morgan fingerprint density at radius 3 is 2.52 bits per heavy atom. The molecule has 0 amide bonds. The van der Waals surface area contributed by atoms with E-state index in [9.17, 15) is 4.79 Å². The lowest BCUT2D eigenvalue weighted by Gasteiger charge is -2.16. The van der Waals surface area contributed by atoms with E-state index in [1.807, 2.05) is 56.3 Å². The fourth-order valence-electron chi connectivity index (χ4n) is 2.89. The highest BCUT2D eigenvalue weighted by Crippen LogP contribution is 2.39. The zero-order valence-electron chi connectivity index (χ0n) is 14.1. The highest BCUT2D eigenvalue weighted by atomic mass is 16.7. The van der Waals surface area contributed by atoms with Gasteiger partial charge in [0.15, 0.2) is 23.9 Å². The van der Waals surface area contributed by atoms with Crippen molar-refractivity contribution in [2.75, 3.05) is 6.61 Å². The summed E-state index contributed by atoms with van der Waals surface area (Å²) in [4.78, 5) is 12.4. The van der Waals surface area contributed by atoms with Crippen LogP contribution < -0.4 is 14.2 Å². The standard InChI is InChI=1S/C21H18O4/c1-21(2)24-19-10-8-16(12-20(19)25-21)18(22)13-23-17-9-7-14-5-3-4-6-15(14)11-17/h3-12H,13H2,1-2H3. The first-order valence-electron chi connectivity index (χ1n) is 8.17. The summed E-state index contributed by atoms with van der Waals surface area (Å²) in [6.07, 6.45) is 0. The van der Waals surface area contributed by atoms with Gasteiger partial charge in [-0.15, -0.1) is 0 Å². The Labute approximate surface area is 145 Å². The second-order valence-electron chi connectivity index (χ2n) is 6.49. The summed E-state index contributed by atoms with van der Waals surface area (Å²) < 4.78 is 17.0. The molecule has 3 aromatic rings. The zero-order valence-corrected chi connectivity index (χ0v) is 14.1. The molecule has 4 nitrogen and oxygen atoms in total. The molecule has 0 bridgehead atoms. The first kappa shape index (κ1) is 15.5. The van der Waals surface area contributed by atoms with Gasteiger partial charge in [0.25, 0.3) is 0 Å². The molecule has 4 rings (SSSR count). The van der Waals surface area contributed by atoms with Crippen molar-refractivity contribution >= 4 is 16.6 Å². The summed E-state index contributed by atoms with van der Waals surface area (Å²) in [5.74, 6) is 1.10. The molecule has 126 valence electrons. The molecule has 1 aliphatic rings. The van der Waals surface area contributed by atoms with E-state index in [4.69, 9.17) is 14.2 Å². The Balaban J connectivity index is 1.47.